The second-order valence-electron chi connectivity index (χ2n) is 7.68. The molecule has 1 aromatic carbocycles. The van der Waals surface area contributed by atoms with Crippen LogP contribution in [0.1, 0.15) is 62.4 Å². The van der Waals surface area contributed by atoms with Crippen molar-refractivity contribution in [2.75, 3.05) is 6.61 Å². The predicted molar refractivity (Wildman–Crippen MR) is 96.2 cm³/mol. The zero-order chi connectivity index (χ0) is 17.7. The highest BCUT2D eigenvalue weighted by Gasteiger charge is 2.31. The summed E-state index contributed by atoms with van der Waals surface area (Å²) in [5, 5.41) is 0. The second kappa shape index (κ2) is 8.57. The van der Waals surface area contributed by atoms with E-state index in [1.54, 1.807) is 12.1 Å². The van der Waals surface area contributed by atoms with Crippen molar-refractivity contribution in [2.24, 2.45) is 17.8 Å². The van der Waals surface area contributed by atoms with Gasteiger partial charge >= 0.3 is 0 Å². The molecule has 0 radical (unpaired) electrons. The van der Waals surface area contributed by atoms with Gasteiger partial charge in [-0.1, -0.05) is 57.0 Å². The molecule has 24 heavy (non-hydrogen) atoms. The van der Waals surface area contributed by atoms with E-state index in [2.05, 4.69) is 20.8 Å². The van der Waals surface area contributed by atoms with E-state index < -0.39 is 0 Å². The first-order valence-corrected chi connectivity index (χ1v) is 9.10. The fourth-order valence-corrected chi connectivity index (χ4v) is 3.58. The quantitative estimate of drug-likeness (QED) is 0.541. The maximum absolute atomic E-state index is 12.2. The molecule has 0 N–H and O–H groups in total. The number of rotatable bonds is 7. The highest BCUT2D eigenvalue weighted by atomic mass is 16.5. The minimum absolute atomic E-state index is 0.0538. The summed E-state index contributed by atoms with van der Waals surface area (Å²) in [6.07, 6.45) is 3.50. The lowest BCUT2D eigenvalue weighted by atomic mass is 9.75. The second-order valence-corrected chi connectivity index (χ2v) is 7.68. The average molecular weight is 330 g/mol. The minimum atomic E-state index is -0.124. The fraction of sp³-hybridized carbons (Fsp3) is 0.619. The van der Waals surface area contributed by atoms with E-state index in [1.165, 1.54) is 12.8 Å². The lowest BCUT2D eigenvalue weighted by Gasteiger charge is -2.37. The van der Waals surface area contributed by atoms with Crippen molar-refractivity contribution in [1.82, 2.24) is 0 Å². The Hall–Kier alpha value is -1.48. The minimum Gasteiger partial charge on any atom is -0.370 e. The van der Waals surface area contributed by atoms with E-state index in [9.17, 15) is 9.59 Å². The third kappa shape index (κ3) is 5.27. The van der Waals surface area contributed by atoms with Crippen LogP contribution < -0.4 is 0 Å². The van der Waals surface area contributed by atoms with Crippen molar-refractivity contribution in [1.29, 1.82) is 0 Å². The maximum Gasteiger partial charge on any atom is 0.170 e. The third-order valence-electron chi connectivity index (χ3n) is 5.15. The van der Waals surface area contributed by atoms with Crippen LogP contribution in [0.25, 0.3) is 0 Å². The first kappa shape index (κ1) is 18.9. The van der Waals surface area contributed by atoms with E-state index in [1.807, 2.05) is 19.1 Å². The van der Waals surface area contributed by atoms with Gasteiger partial charge in [-0.25, -0.2) is 0 Å². The molecule has 1 aliphatic rings. The Morgan fingerprint density at radius 2 is 1.83 bits per heavy atom. The van der Waals surface area contributed by atoms with Crippen molar-refractivity contribution < 1.29 is 14.3 Å². The van der Waals surface area contributed by atoms with E-state index in [4.69, 9.17) is 4.74 Å². The Morgan fingerprint density at radius 3 is 2.46 bits per heavy atom. The molecule has 2 rings (SSSR count). The third-order valence-corrected chi connectivity index (χ3v) is 5.15. The summed E-state index contributed by atoms with van der Waals surface area (Å²) in [7, 11) is 0. The van der Waals surface area contributed by atoms with Crippen LogP contribution in [0.3, 0.4) is 0 Å². The fourth-order valence-electron chi connectivity index (χ4n) is 3.58. The zero-order valence-electron chi connectivity index (χ0n) is 15.4. The number of Topliss-reactive ketones (excluding diaryl/α,β-unsaturated/α-hetero) is 2. The maximum atomic E-state index is 12.2. The summed E-state index contributed by atoms with van der Waals surface area (Å²) in [6.45, 7) is 8.72. The van der Waals surface area contributed by atoms with Crippen molar-refractivity contribution >= 4 is 11.6 Å². The smallest absolute Gasteiger partial charge is 0.170 e. The van der Waals surface area contributed by atoms with Crippen LogP contribution in [0, 0.1) is 24.7 Å². The van der Waals surface area contributed by atoms with Crippen LogP contribution in [-0.4, -0.2) is 24.3 Å². The first-order chi connectivity index (χ1) is 11.4. The molecular formula is C21H30O3. The van der Waals surface area contributed by atoms with Crippen LogP contribution in [0.2, 0.25) is 0 Å². The van der Waals surface area contributed by atoms with Gasteiger partial charge in [-0.2, -0.15) is 0 Å². The molecule has 1 aromatic rings. The number of aryl methyl sites for hydroxylation is 1. The summed E-state index contributed by atoms with van der Waals surface area (Å²) in [5.74, 6) is 1.48. The number of hydrogen-bond donors (Lipinski definition) is 0. The summed E-state index contributed by atoms with van der Waals surface area (Å²) in [4.78, 5) is 24.3. The van der Waals surface area contributed by atoms with Crippen molar-refractivity contribution in [2.45, 2.75) is 59.5 Å². The Bertz CT molecular complexity index is 559. The van der Waals surface area contributed by atoms with E-state index >= 15 is 0 Å². The Balaban J connectivity index is 1.85. The van der Waals surface area contributed by atoms with Gasteiger partial charge in [0.05, 0.1) is 12.5 Å². The number of carbonyl (C=O) groups excluding carboxylic acids is 2. The van der Waals surface area contributed by atoms with Crippen LogP contribution in [0.4, 0.5) is 0 Å². The van der Waals surface area contributed by atoms with Gasteiger partial charge in [0.25, 0.3) is 0 Å². The predicted octanol–water partition coefficient (Wildman–Crippen LogP) is 4.61. The molecule has 0 aromatic heterocycles. The van der Waals surface area contributed by atoms with Crippen molar-refractivity contribution in [3.8, 4) is 0 Å². The largest absolute Gasteiger partial charge is 0.370 e. The molecule has 0 spiro atoms. The SMILES string of the molecule is Cc1ccc(C(=O)CC(=O)CO[C@@H]2C[C@H](C)CC[C@H]2C(C)C)cc1. The molecule has 3 atom stereocenters. The Kier molecular flexibility index (Phi) is 6.73. The van der Waals surface area contributed by atoms with Crippen molar-refractivity contribution in [3.63, 3.8) is 0 Å². The molecular weight excluding hydrogens is 300 g/mol. The topological polar surface area (TPSA) is 43.4 Å². The molecule has 0 unspecified atom stereocenters. The Morgan fingerprint density at radius 1 is 1.17 bits per heavy atom. The molecule has 132 valence electrons. The lowest BCUT2D eigenvalue weighted by molar-refractivity contribution is -0.128. The van der Waals surface area contributed by atoms with Gasteiger partial charge in [0.15, 0.2) is 11.6 Å². The van der Waals surface area contributed by atoms with Crippen LogP contribution in [0.15, 0.2) is 24.3 Å². The van der Waals surface area contributed by atoms with Gasteiger partial charge in [0, 0.05) is 5.56 Å². The summed E-state index contributed by atoms with van der Waals surface area (Å²) >= 11 is 0. The van der Waals surface area contributed by atoms with Gasteiger partial charge in [0.1, 0.15) is 6.61 Å². The number of carbonyl (C=O) groups is 2. The molecule has 1 aliphatic carbocycles. The molecule has 1 saturated carbocycles. The molecule has 1 fully saturated rings. The van der Waals surface area contributed by atoms with E-state index in [0.29, 0.717) is 23.3 Å². The van der Waals surface area contributed by atoms with Gasteiger partial charge in [-0.15, -0.1) is 0 Å². The van der Waals surface area contributed by atoms with Gasteiger partial charge in [-0.3, -0.25) is 9.59 Å². The normalized spacial score (nSPS) is 24.1. The Labute approximate surface area is 145 Å². The monoisotopic (exact) mass is 330 g/mol. The molecule has 0 saturated heterocycles. The van der Waals surface area contributed by atoms with E-state index in [0.717, 1.165) is 12.0 Å². The molecule has 0 aliphatic heterocycles. The highest BCUT2D eigenvalue weighted by molar-refractivity contribution is 6.08. The van der Waals surface area contributed by atoms with E-state index in [-0.39, 0.29) is 30.7 Å². The van der Waals surface area contributed by atoms with Crippen molar-refractivity contribution in [3.05, 3.63) is 35.4 Å². The number of ether oxygens (including phenoxy) is 1. The molecule has 0 heterocycles. The summed E-state index contributed by atoms with van der Waals surface area (Å²) < 4.78 is 5.94. The highest BCUT2D eigenvalue weighted by Crippen LogP contribution is 2.35. The summed E-state index contributed by atoms with van der Waals surface area (Å²) in [5.41, 5.74) is 1.70. The van der Waals surface area contributed by atoms with Crippen LogP contribution in [0.5, 0.6) is 0 Å². The summed E-state index contributed by atoms with van der Waals surface area (Å²) in [6, 6.07) is 7.35. The molecule has 0 amide bonds. The number of ketones is 2. The van der Waals surface area contributed by atoms with Gasteiger partial charge in [-0.05, 0) is 37.5 Å². The standard InChI is InChI=1S/C21H30O3/c1-14(2)19-10-7-16(4)11-21(19)24-13-18(22)12-20(23)17-8-5-15(3)6-9-17/h5-6,8-9,14,16,19,21H,7,10-13H2,1-4H3/t16-,19+,21-/m1/s1. The van der Waals surface area contributed by atoms with Crippen LogP contribution >= 0.6 is 0 Å². The van der Waals surface area contributed by atoms with Gasteiger partial charge < -0.3 is 4.74 Å². The number of hydrogen-bond acceptors (Lipinski definition) is 3. The van der Waals surface area contributed by atoms with Crippen LogP contribution in [-0.2, 0) is 9.53 Å². The van der Waals surface area contributed by atoms with Gasteiger partial charge in [0.2, 0.25) is 0 Å². The molecule has 3 heteroatoms. The zero-order valence-corrected chi connectivity index (χ0v) is 15.4. The lowest BCUT2D eigenvalue weighted by Crippen LogP contribution is -2.35. The first-order valence-electron chi connectivity index (χ1n) is 9.10. The molecule has 0 bridgehead atoms. The number of benzene rings is 1. The average Bonchev–Trinajstić information content (AvgIpc) is 2.53. The molecule has 3 nitrogen and oxygen atoms in total.